The summed E-state index contributed by atoms with van der Waals surface area (Å²) in [5.74, 6) is 0.733. The van der Waals surface area contributed by atoms with Crippen LogP contribution in [0.5, 0.6) is 0 Å². The molecule has 2 unspecified atom stereocenters. The van der Waals surface area contributed by atoms with Crippen LogP contribution in [0.25, 0.3) is 0 Å². The van der Waals surface area contributed by atoms with Gasteiger partial charge < -0.3 is 4.74 Å². The molecule has 1 rings (SSSR count). The molecule has 0 saturated heterocycles. The summed E-state index contributed by atoms with van der Waals surface area (Å²) in [5, 5.41) is 0. The molecule has 0 aromatic carbocycles. The monoisotopic (exact) mass is 236 g/mol. The van der Waals surface area contributed by atoms with Gasteiger partial charge in [0.15, 0.2) is 0 Å². The van der Waals surface area contributed by atoms with Crippen molar-refractivity contribution in [3.05, 3.63) is 23.8 Å². The van der Waals surface area contributed by atoms with Crippen molar-refractivity contribution in [1.82, 2.24) is 0 Å². The predicted octanol–water partition coefficient (Wildman–Crippen LogP) is 3.73. The highest BCUT2D eigenvalue weighted by Gasteiger charge is 2.37. The Morgan fingerprint density at radius 3 is 2.76 bits per heavy atom. The van der Waals surface area contributed by atoms with Crippen LogP contribution in [0.15, 0.2) is 23.8 Å². The van der Waals surface area contributed by atoms with Crippen molar-refractivity contribution in [2.45, 2.75) is 41.0 Å². The first-order chi connectivity index (χ1) is 7.89. The molecule has 0 bridgehead atoms. The Hall–Kier alpha value is -1.05. The highest BCUT2D eigenvalue weighted by Crippen LogP contribution is 2.46. The van der Waals surface area contributed by atoms with Crippen LogP contribution in [0.3, 0.4) is 0 Å². The van der Waals surface area contributed by atoms with E-state index in [0.29, 0.717) is 18.4 Å². The number of esters is 1. The normalized spacial score (nSPS) is 24.8. The third-order valence-corrected chi connectivity index (χ3v) is 4.08. The summed E-state index contributed by atoms with van der Waals surface area (Å²) in [7, 11) is 0. The van der Waals surface area contributed by atoms with Gasteiger partial charge in [-0.2, -0.15) is 0 Å². The molecule has 0 amide bonds. The van der Waals surface area contributed by atoms with Crippen molar-refractivity contribution in [3.8, 4) is 0 Å². The van der Waals surface area contributed by atoms with E-state index in [4.69, 9.17) is 4.74 Å². The molecular weight excluding hydrogens is 212 g/mol. The number of hydrogen-bond donors (Lipinski definition) is 0. The standard InChI is InChI=1S/C15H24O2/c1-6-17-14(16)10-7-11(2)13-9-8-12(3)15(13,4)5/h7-8,10-11,13H,6,9H2,1-5H3. The molecule has 0 saturated carbocycles. The Labute approximate surface area is 105 Å². The molecule has 17 heavy (non-hydrogen) atoms. The molecule has 0 radical (unpaired) electrons. The van der Waals surface area contributed by atoms with E-state index in [0.717, 1.165) is 6.42 Å². The van der Waals surface area contributed by atoms with E-state index >= 15 is 0 Å². The van der Waals surface area contributed by atoms with E-state index < -0.39 is 0 Å². The quantitative estimate of drug-likeness (QED) is 0.422. The summed E-state index contributed by atoms with van der Waals surface area (Å²) in [4.78, 5) is 11.3. The first-order valence-corrected chi connectivity index (χ1v) is 6.41. The zero-order valence-corrected chi connectivity index (χ0v) is 11.6. The Morgan fingerprint density at radius 1 is 1.65 bits per heavy atom. The van der Waals surface area contributed by atoms with Crippen LogP contribution in [0.1, 0.15) is 41.0 Å². The Kier molecular flexibility index (Phi) is 4.55. The minimum Gasteiger partial charge on any atom is -0.463 e. The van der Waals surface area contributed by atoms with Crippen molar-refractivity contribution in [2.24, 2.45) is 17.3 Å². The van der Waals surface area contributed by atoms with Gasteiger partial charge in [-0.25, -0.2) is 4.79 Å². The van der Waals surface area contributed by atoms with Crippen LogP contribution >= 0.6 is 0 Å². The van der Waals surface area contributed by atoms with Crippen LogP contribution in [-0.2, 0) is 9.53 Å². The fourth-order valence-electron chi connectivity index (χ4n) is 2.58. The van der Waals surface area contributed by atoms with Crippen LogP contribution in [0, 0.1) is 17.3 Å². The Morgan fingerprint density at radius 2 is 2.29 bits per heavy atom. The maximum atomic E-state index is 11.3. The molecule has 2 atom stereocenters. The van der Waals surface area contributed by atoms with E-state index in [9.17, 15) is 4.79 Å². The largest absolute Gasteiger partial charge is 0.463 e. The summed E-state index contributed by atoms with van der Waals surface area (Å²) in [6, 6.07) is 0. The summed E-state index contributed by atoms with van der Waals surface area (Å²) in [5.41, 5.74) is 1.69. The van der Waals surface area contributed by atoms with Crippen molar-refractivity contribution in [2.75, 3.05) is 6.61 Å². The third kappa shape index (κ3) is 3.21. The van der Waals surface area contributed by atoms with Crippen LogP contribution < -0.4 is 0 Å². The fourth-order valence-corrected chi connectivity index (χ4v) is 2.58. The SMILES string of the molecule is CCOC(=O)C=CC(C)C1CC=C(C)C1(C)C. The molecule has 1 aliphatic rings. The lowest BCUT2D eigenvalue weighted by molar-refractivity contribution is -0.137. The second kappa shape index (κ2) is 5.52. The smallest absolute Gasteiger partial charge is 0.330 e. The summed E-state index contributed by atoms with van der Waals surface area (Å²) in [6.45, 7) is 11.2. The summed E-state index contributed by atoms with van der Waals surface area (Å²) >= 11 is 0. The molecule has 0 heterocycles. The molecular formula is C15H24O2. The lowest BCUT2D eigenvalue weighted by atomic mass is 9.72. The van der Waals surface area contributed by atoms with E-state index in [1.165, 1.54) is 5.57 Å². The molecule has 2 heteroatoms. The van der Waals surface area contributed by atoms with E-state index in [-0.39, 0.29) is 11.4 Å². The zero-order chi connectivity index (χ0) is 13.1. The number of allylic oxidation sites excluding steroid dienone is 3. The van der Waals surface area contributed by atoms with Crippen molar-refractivity contribution < 1.29 is 9.53 Å². The van der Waals surface area contributed by atoms with Gasteiger partial charge in [0.25, 0.3) is 0 Å². The summed E-state index contributed by atoms with van der Waals surface area (Å²) < 4.78 is 4.89. The molecule has 0 aliphatic heterocycles. The molecule has 0 N–H and O–H groups in total. The maximum Gasteiger partial charge on any atom is 0.330 e. The van der Waals surface area contributed by atoms with E-state index in [2.05, 4.69) is 33.8 Å². The van der Waals surface area contributed by atoms with Gasteiger partial charge in [-0.05, 0) is 37.5 Å². The number of carbonyl (C=O) groups excluding carboxylic acids is 1. The minimum atomic E-state index is -0.236. The lowest BCUT2D eigenvalue weighted by Gasteiger charge is -2.33. The van der Waals surface area contributed by atoms with E-state index in [1.54, 1.807) is 6.08 Å². The molecule has 0 aromatic rings. The second-order valence-electron chi connectivity index (χ2n) is 5.42. The topological polar surface area (TPSA) is 26.3 Å². The van der Waals surface area contributed by atoms with Gasteiger partial charge in [0.05, 0.1) is 6.61 Å². The van der Waals surface area contributed by atoms with Gasteiger partial charge in [-0.1, -0.05) is 38.5 Å². The molecule has 0 fully saturated rings. The van der Waals surface area contributed by atoms with Crippen molar-refractivity contribution in [1.29, 1.82) is 0 Å². The Bertz CT molecular complexity index is 337. The number of hydrogen-bond acceptors (Lipinski definition) is 2. The minimum absolute atomic E-state index is 0.235. The van der Waals surface area contributed by atoms with Gasteiger partial charge in [0.2, 0.25) is 0 Å². The molecule has 0 aromatic heterocycles. The first kappa shape index (κ1) is 14.0. The highest BCUT2D eigenvalue weighted by molar-refractivity contribution is 5.81. The average molecular weight is 236 g/mol. The number of ether oxygens (including phenoxy) is 1. The van der Waals surface area contributed by atoms with Crippen molar-refractivity contribution >= 4 is 5.97 Å². The third-order valence-electron chi connectivity index (χ3n) is 4.08. The van der Waals surface area contributed by atoms with Gasteiger partial charge in [0.1, 0.15) is 0 Å². The van der Waals surface area contributed by atoms with Crippen molar-refractivity contribution in [3.63, 3.8) is 0 Å². The molecule has 0 spiro atoms. The summed E-state index contributed by atoms with van der Waals surface area (Å²) in [6.07, 6.45) is 6.97. The first-order valence-electron chi connectivity index (χ1n) is 6.41. The van der Waals surface area contributed by atoms with Gasteiger partial charge >= 0.3 is 5.97 Å². The molecule has 2 nitrogen and oxygen atoms in total. The highest BCUT2D eigenvalue weighted by atomic mass is 16.5. The van der Waals surface area contributed by atoms with Gasteiger partial charge in [-0.3, -0.25) is 0 Å². The average Bonchev–Trinajstić information content (AvgIpc) is 2.51. The van der Waals surface area contributed by atoms with Gasteiger partial charge in [0, 0.05) is 6.08 Å². The van der Waals surface area contributed by atoms with E-state index in [1.807, 2.05) is 13.0 Å². The molecule has 1 aliphatic carbocycles. The van der Waals surface area contributed by atoms with Crippen LogP contribution in [0.4, 0.5) is 0 Å². The zero-order valence-electron chi connectivity index (χ0n) is 11.6. The van der Waals surface area contributed by atoms with Crippen LogP contribution in [0.2, 0.25) is 0 Å². The lowest BCUT2D eigenvalue weighted by Crippen LogP contribution is -2.25. The Balaban J connectivity index is 2.61. The second-order valence-corrected chi connectivity index (χ2v) is 5.42. The van der Waals surface area contributed by atoms with Crippen LogP contribution in [-0.4, -0.2) is 12.6 Å². The maximum absolute atomic E-state index is 11.3. The van der Waals surface area contributed by atoms with Gasteiger partial charge in [-0.15, -0.1) is 0 Å². The number of carbonyl (C=O) groups is 1. The fraction of sp³-hybridized carbons (Fsp3) is 0.667. The molecule has 96 valence electrons. The predicted molar refractivity (Wildman–Crippen MR) is 70.6 cm³/mol. The number of rotatable bonds is 4.